The average Bonchev–Trinajstić information content (AvgIpc) is 3.59. The summed E-state index contributed by atoms with van der Waals surface area (Å²) in [7, 11) is -1.18. The Labute approximate surface area is 330 Å². The van der Waals surface area contributed by atoms with Gasteiger partial charge < -0.3 is 23.5 Å². The Balaban J connectivity index is 1.41. The second kappa shape index (κ2) is 18.8. The van der Waals surface area contributed by atoms with E-state index >= 15 is 0 Å². The third-order valence-corrected chi connectivity index (χ3v) is 15.0. The maximum atomic E-state index is 13.9. The highest BCUT2D eigenvalue weighted by Gasteiger charge is 2.50. The van der Waals surface area contributed by atoms with Crippen molar-refractivity contribution in [1.82, 2.24) is 9.80 Å². The molecule has 10 nitrogen and oxygen atoms in total. The van der Waals surface area contributed by atoms with Gasteiger partial charge in [-0.3, -0.25) is 0 Å². The van der Waals surface area contributed by atoms with Gasteiger partial charge in [-0.15, -0.1) is 4.99 Å². The molecule has 1 saturated heterocycles. The second-order valence-electron chi connectivity index (χ2n) is 17.6. The van der Waals surface area contributed by atoms with E-state index in [1.54, 1.807) is 46.4 Å². The van der Waals surface area contributed by atoms with Crippen molar-refractivity contribution >= 4 is 42.8 Å². The molecule has 0 radical (unpaired) electrons. The molecule has 1 atom stereocenters. The lowest BCUT2D eigenvalue weighted by molar-refractivity contribution is -0.137. The van der Waals surface area contributed by atoms with Gasteiger partial charge in [-0.25, -0.2) is 19.3 Å². The van der Waals surface area contributed by atoms with Crippen molar-refractivity contribution in [3.63, 3.8) is 0 Å². The average molecular weight is 776 g/mol. The lowest BCUT2D eigenvalue weighted by Crippen LogP contribution is -2.66. The Hall–Kier alpha value is -3.96. The van der Waals surface area contributed by atoms with Gasteiger partial charge in [-0.05, 0) is 82.6 Å². The van der Waals surface area contributed by atoms with E-state index in [2.05, 4.69) is 86.4 Å². The van der Waals surface area contributed by atoms with Crippen molar-refractivity contribution in [3.05, 3.63) is 71.9 Å². The Kier molecular flexibility index (Phi) is 14.9. The predicted molar refractivity (Wildman–Crippen MR) is 221 cm³/mol. The third kappa shape index (κ3) is 11.3. The van der Waals surface area contributed by atoms with Crippen LogP contribution in [0.2, 0.25) is 5.04 Å². The third-order valence-electron chi connectivity index (χ3n) is 9.97. The number of esters is 1. The van der Waals surface area contributed by atoms with Gasteiger partial charge in [-0.2, -0.15) is 0 Å². The molecular weight excluding hydrogens is 711 g/mol. The standard InChI is InChI=1S/C44H65N3O7Si/c1-42(2,3)53-40(49)45-39-46-31-24-30-35(46)37(38(48)51-10)36(47(39)41(50)54-43(4,5)6)29-22-14-12-11-13-15-23-32-52-55(44(7,8)9,33-25-18-16-19-26-33)34-27-20-17-21-28-34/h16-21,25-28,36H,11-15,22-24,29-32H2,1-10H3/b45-39+/t36-/m1/s1. The number of carbonyl (C=O) groups excluding carboxylic acids is 3. The monoisotopic (exact) mass is 775 g/mol. The molecule has 2 aliphatic rings. The van der Waals surface area contributed by atoms with Gasteiger partial charge in [0.05, 0.1) is 18.7 Å². The number of hydrogen-bond donors (Lipinski definition) is 0. The Morgan fingerprint density at radius 1 is 0.745 bits per heavy atom. The second-order valence-corrected chi connectivity index (χ2v) is 21.9. The summed E-state index contributed by atoms with van der Waals surface area (Å²) in [5.74, 6) is -0.356. The molecule has 2 aliphatic heterocycles. The molecule has 302 valence electrons. The number of nitrogens with zero attached hydrogens (tertiary/aromatic N) is 3. The van der Waals surface area contributed by atoms with E-state index in [9.17, 15) is 14.4 Å². The van der Waals surface area contributed by atoms with Crippen molar-refractivity contribution in [2.45, 2.75) is 149 Å². The summed E-state index contributed by atoms with van der Waals surface area (Å²) >= 11 is 0. The molecule has 0 aliphatic carbocycles. The van der Waals surface area contributed by atoms with Gasteiger partial charge >= 0.3 is 18.2 Å². The number of hydrogen-bond acceptors (Lipinski definition) is 7. The van der Waals surface area contributed by atoms with Gasteiger partial charge in [0.25, 0.3) is 8.32 Å². The minimum atomic E-state index is -2.54. The molecule has 2 aromatic rings. The smallest absolute Gasteiger partial charge is 0.437 e. The first-order valence-electron chi connectivity index (χ1n) is 20.1. The van der Waals surface area contributed by atoms with Crippen LogP contribution in [0.1, 0.15) is 127 Å². The number of allylic oxidation sites excluding steroid dienone is 1. The van der Waals surface area contributed by atoms with Crippen LogP contribution in [0.5, 0.6) is 0 Å². The van der Waals surface area contributed by atoms with Crippen molar-refractivity contribution in [1.29, 1.82) is 0 Å². The van der Waals surface area contributed by atoms with Gasteiger partial charge in [0, 0.05) is 18.8 Å². The quantitative estimate of drug-likeness (QED) is 0.0810. The first-order chi connectivity index (χ1) is 25.9. The molecular formula is C44H65N3O7Si. The largest absolute Gasteiger partial charge is 0.466 e. The summed E-state index contributed by atoms with van der Waals surface area (Å²) < 4.78 is 23.7. The van der Waals surface area contributed by atoms with E-state index in [0.717, 1.165) is 57.1 Å². The molecule has 0 unspecified atom stereocenters. The fraction of sp³-hybridized carbons (Fsp3) is 0.591. The molecule has 2 heterocycles. The molecule has 0 bridgehead atoms. The molecule has 0 N–H and O–H groups in total. The van der Waals surface area contributed by atoms with Crippen LogP contribution in [0.4, 0.5) is 9.59 Å². The number of carbonyl (C=O) groups is 3. The normalized spacial score (nSPS) is 17.3. The molecule has 11 heteroatoms. The Morgan fingerprint density at radius 2 is 1.27 bits per heavy atom. The van der Waals surface area contributed by atoms with Crippen LogP contribution < -0.4 is 10.4 Å². The van der Waals surface area contributed by atoms with Crippen LogP contribution in [-0.4, -0.2) is 79.7 Å². The first-order valence-corrected chi connectivity index (χ1v) is 22.0. The molecule has 0 aromatic heterocycles. The lowest BCUT2D eigenvalue weighted by atomic mass is 9.94. The highest BCUT2D eigenvalue weighted by atomic mass is 28.4. The zero-order valence-electron chi connectivity index (χ0n) is 35.0. The van der Waals surface area contributed by atoms with Crippen LogP contribution in [0.25, 0.3) is 0 Å². The fourth-order valence-electron chi connectivity index (χ4n) is 7.71. The number of rotatable bonds is 14. The van der Waals surface area contributed by atoms with Gasteiger partial charge in [0.2, 0.25) is 5.96 Å². The SMILES string of the molecule is COC(=O)C1=C2CCCN2/C(=N\C(=O)OC(C)(C)C)N(C(=O)OC(C)(C)C)[C@@H]1CCCCCCCCCO[Si](c1ccccc1)(c1ccccc1)C(C)(C)C. The fourth-order valence-corrected chi connectivity index (χ4v) is 12.3. The van der Waals surface area contributed by atoms with Crippen LogP contribution in [0, 0.1) is 0 Å². The zero-order chi connectivity index (χ0) is 40.4. The summed E-state index contributed by atoms with van der Waals surface area (Å²) in [6.45, 7) is 18.8. The van der Waals surface area contributed by atoms with Gasteiger partial charge in [-0.1, -0.05) is 120 Å². The molecule has 0 saturated carbocycles. The van der Waals surface area contributed by atoms with E-state index in [-0.39, 0.29) is 11.0 Å². The predicted octanol–water partition coefficient (Wildman–Crippen LogP) is 9.12. The number of amides is 2. The van der Waals surface area contributed by atoms with Crippen LogP contribution in [-0.2, 0) is 23.4 Å². The minimum Gasteiger partial charge on any atom is -0.466 e. The summed E-state index contributed by atoms with van der Waals surface area (Å²) in [5.41, 5.74) is -0.429. The number of ether oxygens (including phenoxy) is 3. The van der Waals surface area contributed by atoms with Crippen LogP contribution >= 0.6 is 0 Å². The molecule has 55 heavy (non-hydrogen) atoms. The summed E-state index contributed by atoms with van der Waals surface area (Å²) in [6.07, 6.45) is 7.28. The topological polar surface area (TPSA) is 107 Å². The van der Waals surface area contributed by atoms with Crippen molar-refractivity contribution in [2.75, 3.05) is 20.3 Å². The first kappa shape index (κ1) is 43.8. The van der Waals surface area contributed by atoms with E-state index in [4.69, 9.17) is 18.6 Å². The highest BCUT2D eigenvalue weighted by Crippen LogP contribution is 2.39. The molecule has 2 amide bonds. The molecule has 1 fully saturated rings. The van der Waals surface area contributed by atoms with E-state index in [0.29, 0.717) is 31.6 Å². The number of aliphatic imine (C=N–C) groups is 1. The molecule has 4 rings (SSSR count). The minimum absolute atomic E-state index is 0.0465. The number of benzene rings is 2. The Bertz CT molecular complexity index is 1620. The summed E-state index contributed by atoms with van der Waals surface area (Å²) in [5, 5.41) is 2.55. The molecule has 0 spiro atoms. The number of unbranched alkanes of at least 4 members (excludes halogenated alkanes) is 6. The van der Waals surface area contributed by atoms with E-state index in [1.165, 1.54) is 22.4 Å². The van der Waals surface area contributed by atoms with Crippen molar-refractivity contribution < 1.29 is 33.0 Å². The van der Waals surface area contributed by atoms with E-state index < -0.39 is 43.7 Å². The molecule has 2 aromatic carbocycles. The van der Waals surface area contributed by atoms with Gasteiger partial charge in [0.15, 0.2) is 0 Å². The Morgan fingerprint density at radius 3 is 1.78 bits per heavy atom. The number of guanidine groups is 1. The van der Waals surface area contributed by atoms with Crippen LogP contribution in [0.15, 0.2) is 76.9 Å². The van der Waals surface area contributed by atoms with Gasteiger partial charge in [0.1, 0.15) is 11.2 Å². The lowest BCUT2D eigenvalue weighted by Gasteiger charge is -2.43. The summed E-state index contributed by atoms with van der Waals surface area (Å²) in [6, 6.07) is 20.8. The number of methoxy groups -OCH3 is 1. The maximum Gasteiger partial charge on any atom is 0.437 e. The van der Waals surface area contributed by atoms with Crippen molar-refractivity contribution in [2.24, 2.45) is 4.99 Å². The number of fused-ring (bicyclic) bond motifs is 1. The zero-order valence-corrected chi connectivity index (χ0v) is 36.0. The van der Waals surface area contributed by atoms with Crippen LogP contribution in [0.3, 0.4) is 0 Å². The highest BCUT2D eigenvalue weighted by molar-refractivity contribution is 6.99. The maximum absolute atomic E-state index is 13.9. The summed E-state index contributed by atoms with van der Waals surface area (Å²) in [4.78, 5) is 47.9. The van der Waals surface area contributed by atoms with E-state index in [1.807, 2.05) is 0 Å². The van der Waals surface area contributed by atoms with Crippen molar-refractivity contribution in [3.8, 4) is 0 Å².